The monoisotopic (exact) mass is 494 g/mol. The van der Waals surface area contributed by atoms with Crippen LogP contribution in [0.25, 0.3) is 0 Å². The van der Waals surface area contributed by atoms with Crippen molar-refractivity contribution in [2.75, 3.05) is 0 Å². The number of carbonyl (C=O) groups is 4. The second-order valence-corrected chi connectivity index (χ2v) is 8.59. The van der Waals surface area contributed by atoms with Crippen molar-refractivity contribution < 1.29 is 23.9 Å². The van der Waals surface area contributed by atoms with Crippen molar-refractivity contribution in [3.05, 3.63) is 71.3 Å². The minimum Gasteiger partial charge on any atom is -0.392 e. The number of aryl methyl sites for hydroxylation is 2. The average molecular weight is 495 g/mol. The van der Waals surface area contributed by atoms with E-state index in [-0.39, 0.29) is 18.7 Å². The van der Waals surface area contributed by atoms with Gasteiger partial charge < -0.3 is 21.5 Å². The van der Waals surface area contributed by atoms with Gasteiger partial charge in [0.2, 0.25) is 11.8 Å². The standard InChI is InChI=1S/C27H34N4O5/c28-23(32)18-22(27(35)36-25(34)13-7-5-10-19-8-2-1-3-9-19)31-24(33)12-6-4-11-20-14-16-21(17-15-20)26(29)30/h1-3,8-9,14-17,22H,4-7,10-13,18H2,(H2,28,32)(H3,29,30)(H,31,33). The Balaban J connectivity index is 1.71. The second kappa shape index (κ2) is 15.1. The lowest BCUT2D eigenvalue weighted by Crippen LogP contribution is -2.44. The first-order chi connectivity index (χ1) is 17.2. The van der Waals surface area contributed by atoms with Crippen LogP contribution >= 0.6 is 0 Å². The van der Waals surface area contributed by atoms with Crippen molar-refractivity contribution in [2.24, 2.45) is 11.5 Å². The molecule has 6 N–H and O–H groups in total. The number of nitrogen functional groups attached to an aromatic ring is 1. The van der Waals surface area contributed by atoms with E-state index in [1.165, 1.54) is 0 Å². The highest BCUT2D eigenvalue weighted by Gasteiger charge is 2.26. The maximum absolute atomic E-state index is 12.4. The molecule has 0 aliphatic heterocycles. The number of ether oxygens (including phenoxy) is 1. The lowest BCUT2D eigenvalue weighted by molar-refractivity contribution is -0.162. The molecule has 1 unspecified atom stereocenters. The lowest BCUT2D eigenvalue weighted by Gasteiger charge is -2.15. The van der Waals surface area contributed by atoms with Crippen molar-refractivity contribution in [3.8, 4) is 0 Å². The van der Waals surface area contributed by atoms with Crippen molar-refractivity contribution in [2.45, 2.75) is 63.8 Å². The number of carbonyl (C=O) groups excluding carboxylic acids is 4. The number of nitrogens with one attached hydrogen (secondary N) is 2. The smallest absolute Gasteiger partial charge is 0.336 e. The van der Waals surface area contributed by atoms with Crippen LogP contribution in [0.2, 0.25) is 0 Å². The molecule has 0 saturated heterocycles. The van der Waals surface area contributed by atoms with E-state index in [0.29, 0.717) is 18.4 Å². The van der Waals surface area contributed by atoms with Gasteiger partial charge in [-0.05, 0) is 49.7 Å². The fourth-order valence-corrected chi connectivity index (χ4v) is 3.60. The van der Waals surface area contributed by atoms with Gasteiger partial charge in [-0.25, -0.2) is 4.79 Å². The molecule has 2 amide bonds. The van der Waals surface area contributed by atoms with Gasteiger partial charge in [-0.15, -0.1) is 0 Å². The summed E-state index contributed by atoms with van der Waals surface area (Å²) in [7, 11) is 0. The molecule has 0 aliphatic rings. The van der Waals surface area contributed by atoms with Crippen LogP contribution < -0.4 is 16.8 Å². The van der Waals surface area contributed by atoms with Gasteiger partial charge in [0.25, 0.3) is 0 Å². The largest absolute Gasteiger partial charge is 0.392 e. The Kier molecular flexibility index (Phi) is 11.8. The molecule has 0 spiro atoms. The number of amides is 2. The summed E-state index contributed by atoms with van der Waals surface area (Å²) in [4.78, 5) is 48.1. The number of esters is 2. The number of primary amides is 1. The Labute approximate surface area is 211 Å². The molecule has 9 nitrogen and oxygen atoms in total. The molecule has 1 atom stereocenters. The van der Waals surface area contributed by atoms with E-state index in [0.717, 1.165) is 36.8 Å². The zero-order valence-electron chi connectivity index (χ0n) is 20.3. The Bertz CT molecular complexity index is 1040. The molecule has 192 valence electrons. The third-order valence-electron chi connectivity index (χ3n) is 5.56. The fourth-order valence-electron chi connectivity index (χ4n) is 3.60. The van der Waals surface area contributed by atoms with Gasteiger partial charge in [0.1, 0.15) is 11.9 Å². The van der Waals surface area contributed by atoms with Gasteiger partial charge in [-0.3, -0.25) is 19.8 Å². The molecular weight excluding hydrogens is 460 g/mol. The zero-order chi connectivity index (χ0) is 26.3. The van der Waals surface area contributed by atoms with Crippen molar-refractivity contribution >= 4 is 29.6 Å². The van der Waals surface area contributed by atoms with Gasteiger partial charge in [0.15, 0.2) is 0 Å². The summed E-state index contributed by atoms with van der Waals surface area (Å²) in [5.41, 5.74) is 13.5. The van der Waals surface area contributed by atoms with Crippen molar-refractivity contribution in [1.82, 2.24) is 5.32 Å². The Morgan fingerprint density at radius 2 is 1.39 bits per heavy atom. The molecule has 2 aromatic rings. The summed E-state index contributed by atoms with van der Waals surface area (Å²) in [6.45, 7) is 0. The highest BCUT2D eigenvalue weighted by Crippen LogP contribution is 2.10. The van der Waals surface area contributed by atoms with E-state index in [4.69, 9.17) is 21.6 Å². The number of hydrogen-bond acceptors (Lipinski definition) is 6. The first-order valence-electron chi connectivity index (χ1n) is 12.0. The summed E-state index contributed by atoms with van der Waals surface area (Å²) < 4.78 is 4.85. The predicted octanol–water partition coefficient (Wildman–Crippen LogP) is 2.53. The average Bonchev–Trinajstić information content (AvgIpc) is 2.84. The van der Waals surface area contributed by atoms with Crippen LogP contribution in [0.15, 0.2) is 54.6 Å². The quantitative estimate of drug-likeness (QED) is 0.0976. The highest BCUT2D eigenvalue weighted by atomic mass is 16.6. The number of nitrogens with two attached hydrogens (primary N) is 2. The van der Waals surface area contributed by atoms with E-state index >= 15 is 0 Å². The van der Waals surface area contributed by atoms with E-state index in [2.05, 4.69) is 5.32 Å². The minimum absolute atomic E-state index is 0.00650. The van der Waals surface area contributed by atoms with Crippen LogP contribution in [0.5, 0.6) is 0 Å². The first kappa shape index (κ1) is 28.2. The topological polar surface area (TPSA) is 165 Å². The number of benzene rings is 2. The summed E-state index contributed by atoms with van der Waals surface area (Å²) in [6, 6.07) is 15.9. The van der Waals surface area contributed by atoms with E-state index in [9.17, 15) is 19.2 Å². The summed E-state index contributed by atoms with van der Waals surface area (Å²) in [5.74, 6) is -2.90. The highest BCUT2D eigenvalue weighted by molar-refractivity contribution is 5.95. The maximum atomic E-state index is 12.4. The third kappa shape index (κ3) is 10.9. The Morgan fingerprint density at radius 1 is 0.806 bits per heavy atom. The number of hydrogen-bond donors (Lipinski definition) is 4. The molecule has 2 aromatic carbocycles. The maximum Gasteiger partial charge on any atom is 0.336 e. The molecule has 0 bridgehead atoms. The molecule has 0 fully saturated rings. The number of amidine groups is 1. The van der Waals surface area contributed by atoms with Gasteiger partial charge >= 0.3 is 11.9 Å². The summed E-state index contributed by atoms with van der Waals surface area (Å²) >= 11 is 0. The minimum atomic E-state index is -1.30. The molecule has 0 heterocycles. The van der Waals surface area contributed by atoms with Gasteiger partial charge in [-0.2, -0.15) is 0 Å². The molecular formula is C27H34N4O5. The molecule has 36 heavy (non-hydrogen) atoms. The molecule has 0 saturated carbocycles. The summed E-state index contributed by atoms with van der Waals surface area (Å²) in [5, 5.41) is 9.86. The van der Waals surface area contributed by atoms with Crippen LogP contribution in [-0.2, 0) is 36.8 Å². The Morgan fingerprint density at radius 3 is 1.97 bits per heavy atom. The van der Waals surface area contributed by atoms with Crippen LogP contribution in [0, 0.1) is 5.41 Å². The van der Waals surface area contributed by atoms with Crippen LogP contribution in [0.3, 0.4) is 0 Å². The van der Waals surface area contributed by atoms with Crippen molar-refractivity contribution in [3.63, 3.8) is 0 Å². The van der Waals surface area contributed by atoms with Gasteiger partial charge in [0, 0.05) is 18.4 Å². The van der Waals surface area contributed by atoms with Crippen molar-refractivity contribution in [1.29, 1.82) is 5.41 Å². The Hall–Kier alpha value is -4.01. The fraction of sp³-hybridized carbons (Fsp3) is 0.370. The molecule has 9 heteroatoms. The normalized spacial score (nSPS) is 11.3. The van der Waals surface area contributed by atoms with E-state index < -0.39 is 36.2 Å². The van der Waals surface area contributed by atoms with Crippen LogP contribution in [0.1, 0.15) is 61.6 Å². The molecule has 0 aliphatic carbocycles. The predicted molar refractivity (Wildman–Crippen MR) is 136 cm³/mol. The van der Waals surface area contributed by atoms with Gasteiger partial charge in [-0.1, -0.05) is 54.6 Å². The molecule has 2 rings (SSSR count). The van der Waals surface area contributed by atoms with Crippen LogP contribution in [0.4, 0.5) is 0 Å². The SMILES string of the molecule is N=C(N)c1ccc(CCCCC(=O)NC(CC(N)=O)C(=O)OC(=O)CCCCc2ccccc2)cc1. The molecule has 0 radical (unpaired) electrons. The second-order valence-electron chi connectivity index (χ2n) is 8.59. The summed E-state index contributed by atoms with van der Waals surface area (Å²) in [6.07, 6.45) is 3.88. The van der Waals surface area contributed by atoms with Crippen LogP contribution in [-0.4, -0.2) is 35.6 Å². The molecule has 0 aromatic heterocycles. The third-order valence-corrected chi connectivity index (χ3v) is 5.56. The van der Waals surface area contributed by atoms with Gasteiger partial charge in [0.05, 0.1) is 6.42 Å². The first-order valence-corrected chi connectivity index (χ1v) is 12.0. The number of rotatable bonds is 15. The number of unbranched alkanes of at least 4 members (excludes halogenated alkanes) is 2. The lowest BCUT2D eigenvalue weighted by atomic mass is 10.0. The van der Waals surface area contributed by atoms with E-state index in [1.807, 2.05) is 42.5 Å². The zero-order valence-corrected chi connectivity index (χ0v) is 20.3. The van der Waals surface area contributed by atoms with E-state index in [1.54, 1.807) is 12.1 Å².